The van der Waals surface area contributed by atoms with E-state index in [-0.39, 0.29) is 11.3 Å². The molecule has 0 radical (unpaired) electrons. The molecular weight excluding hydrogens is 256 g/mol. The number of hydrogen-bond donors (Lipinski definition) is 0. The molecule has 1 aromatic carbocycles. The highest BCUT2D eigenvalue weighted by molar-refractivity contribution is 7.90. The third-order valence-electron chi connectivity index (χ3n) is 2.91. The van der Waals surface area contributed by atoms with Crippen LogP contribution in [-0.2, 0) is 9.84 Å². The van der Waals surface area contributed by atoms with Crippen molar-refractivity contribution in [3.8, 4) is 0 Å². The Balaban J connectivity index is 3.09. The molecular formula is C13H19ClO2S. The summed E-state index contributed by atoms with van der Waals surface area (Å²) in [6.07, 6.45) is 1.21. The lowest BCUT2D eigenvalue weighted by Crippen LogP contribution is -2.15. The molecule has 0 heterocycles. The molecule has 96 valence electrons. The summed E-state index contributed by atoms with van der Waals surface area (Å²) in [4.78, 5) is 0.353. The van der Waals surface area contributed by atoms with Crippen molar-refractivity contribution in [1.29, 1.82) is 0 Å². The molecule has 2 unspecified atom stereocenters. The van der Waals surface area contributed by atoms with Crippen LogP contribution in [0.1, 0.15) is 32.3 Å². The summed E-state index contributed by atoms with van der Waals surface area (Å²) in [6, 6.07) is 7.03. The summed E-state index contributed by atoms with van der Waals surface area (Å²) in [5.41, 5.74) is 1.09. The first-order valence-electron chi connectivity index (χ1n) is 5.67. The lowest BCUT2D eigenvalue weighted by Gasteiger charge is -2.23. The molecule has 0 amide bonds. The van der Waals surface area contributed by atoms with Gasteiger partial charge < -0.3 is 0 Å². The number of halogens is 1. The summed E-state index contributed by atoms with van der Waals surface area (Å²) in [5, 5.41) is 0.0269. The van der Waals surface area contributed by atoms with Gasteiger partial charge in [-0.1, -0.05) is 26.0 Å². The van der Waals surface area contributed by atoms with Crippen LogP contribution in [0.25, 0.3) is 0 Å². The second-order valence-corrected chi connectivity index (χ2v) is 7.49. The molecule has 0 aliphatic carbocycles. The number of alkyl halides is 1. The number of sulfone groups is 1. The van der Waals surface area contributed by atoms with E-state index >= 15 is 0 Å². The van der Waals surface area contributed by atoms with E-state index in [2.05, 4.69) is 13.8 Å². The van der Waals surface area contributed by atoms with Crippen LogP contribution in [0, 0.1) is 5.92 Å². The van der Waals surface area contributed by atoms with Gasteiger partial charge in [0.05, 0.1) is 4.90 Å². The van der Waals surface area contributed by atoms with Crippen molar-refractivity contribution in [2.24, 2.45) is 5.92 Å². The summed E-state index contributed by atoms with van der Waals surface area (Å²) in [6.45, 7) is 6.21. The van der Waals surface area contributed by atoms with Gasteiger partial charge in [-0.05, 0) is 30.5 Å². The SMILES string of the molecule is CC(C)C(c1ccc(S(C)(=O)=O)cc1)C(C)Cl. The van der Waals surface area contributed by atoms with Crippen LogP contribution < -0.4 is 0 Å². The Morgan fingerprint density at radius 2 is 1.53 bits per heavy atom. The van der Waals surface area contributed by atoms with E-state index in [1.807, 2.05) is 19.1 Å². The second-order valence-electron chi connectivity index (χ2n) is 4.79. The van der Waals surface area contributed by atoms with Gasteiger partial charge in [-0.15, -0.1) is 11.6 Å². The Morgan fingerprint density at radius 3 is 1.82 bits per heavy atom. The molecule has 1 rings (SSSR count). The zero-order valence-corrected chi connectivity index (χ0v) is 12.2. The predicted octanol–water partition coefficient (Wildman–Crippen LogP) is 3.46. The van der Waals surface area contributed by atoms with E-state index in [1.54, 1.807) is 12.1 Å². The maximum absolute atomic E-state index is 11.4. The third kappa shape index (κ3) is 3.71. The predicted molar refractivity (Wildman–Crippen MR) is 72.4 cm³/mol. The van der Waals surface area contributed by atoms with Crippen molar-refractivity contribution in [3.63, 3.8) is 0 Å². The van der Waals surface area contributed by atoms with Crippen molar-refractivity contribution >= 4 is 21.4 Å². The monoisotopic (exact) mass is 274 g/mol. The maximum Gasteiger partial charge on any atom is 0.175 e. The lowest BCUT2D eigenvalue weighted by atomic mass is 9.86. The van der Waals surface area contributed by atoms with Crippen molar-refractivity contribution in [1.82, 2.24) is 0 Å². The van der Waals surface area contributed by atoms with Gasteiger partial charge in [0.15, 0.2) is 9.84 Å². The molecule has 0 aliphatic rings. The Kier molecular flexibility index (Phi) is 4.62. The van der Waals surface area contributed by atoms with Crippen LogP contribution >= 0.6 is 11.6 Å². The maximum atomic E-state index is 11.4. The summed E-state index contributed by atoms with van der Waals surface area (Å²) >= 11 is 6.18. The fourth-order valence-corrected chi connectivity index (χ4v) is 3.18. The molecule has 0 aliphatic heterocycles. The Hall–Kier alpha value is -0.540. The normalized spacial score (nSPS) is 15.9. The molecule has 1 aromatic rings. The van der Waals surface area contributed by atoms with Gasteiger partial charge in [-0.2, -0.15) is 0 Å². The highest BCUT2D eigenvalue weighted by Gasteiger charge is 2.21. The van der Waals surface area contributed by atoms with Crippen LogP contribution in [-0.4, -0.2) is 20.1 Å². The molecule has 0 saturated carbocycles. The van der Waals surface area contributed by atoms with Crippen LogP contribution in [0.5, 0.6) is 0 Å². The van der Waals surface area contributed by atoms with E-state index in [9.17, 15) is 8.42 Å². The van der Waals surface area contributed by atoms with E-state index < -0.39 is 9.84 Å². The molecule has 0 spiro atoms. The first kappa shape index (κ1) is 14.5. The van der Waals surface area contributed by atoms with Crippen molar-refractivity contribution in [2.45, 2.75) is 37.0 Å². The van der Waals surface area contributed by atoms with Gasteiger partial charge in [-0.3, -0.25) is 0 Å². The van der Waals surface area contributed by atoms with Gasteiger partial charge >= 0.3 is 0 Å². The van der Waals surface area contributed by atoms with Crippen molar-refractivity contribution < 1.29 is 8.42 Å². The first-order valence-corrected chi connectivity index (χ1v) is 8.00. The van der Waals surface area contributed by atoms with Crippen LogP contribution in [0.4, 0.5) is 0 Å². The average molecular weight is 275 g/mol. The molecule has 4 heteroatoms. The van der Waals surface area contributed by atoms with Crippen molar-refractivity contribution in [3.05, 3.63) is 29.8 Å². The Morgan fingerprint density at radius 1 is 1.06 bits per heavy atom. The van der Waals surface area contributed by atoms with Crippen LogP contribution in [0.3, 0.4) is 0 Å². The van der Waals surface area contributed by atoms with Crippen LogP contribution in [0.15, 0.2) is 29.2 Å². The fraction of sp³-hybridized carbons (Fsp3) is 0.538. The molecule has 0 bridgehead atoms. The van der Waals surface area contributed by atoms with Gasteiger partial charge in [-0.25, -0.2) is 8.42 Å². The smallest absolute Gasteiger partial charge is 0.175 e. The molecule has 0 aromatic heterocycles. The fourth-order valence-electron chi connectivity index (χ4n) is 2.12. The Bertz CT molecular complexity index is 453. The molecule has 2 nitrogen and oxygen atoms in total. The van der Waals surface area contributed by atoms with Gasteiger partial charge in [0.25, 0.3) is 0 Å². The highest BCUT2D eigenvalue weighted by atomic mass is 35.5. The van der Waals surface area contributed by atoms with Gasteiger partial charge in [0.2, 0.25) is 0 Å². The molecule has 17 heavy (non-hydrogen) atoms. The minimum absolute atomic E-state index is 0.0269. The van der Waals surface area contributed by atoms with Crippen molar-refractivity contribution in [2.75, 3.05) is 6.26 Å². The quantitative estimate of drug-likeness (QED) is 0.788. The third-order valence-corrected chi connectivity index (χ3v) is 4.31. The van der Waals surface area contributed by atoms with E-state index in [4.69, 9.17) is 11.6 Å². The second kappa shape index (κ2) is 5.40. The number of hydrogen-bond acceptors (Lipinski definition) is 2. The molecule has 2 atom stereocenters. The minimum atomic E-state index is -3.12. The summed E-state index contributed by atoms with van der Waals surface area (Å²) in [5.74, 6) is 0.664. The zero-order chi connectivity index (χ0) is 13.2. The summed E-state index contributed by atoms with van der Waals surface area (Å²) in [7, 11) is -3.12. The topological polar surface area (TPSA) is 34.1 Å². The molecule has 0 N–H and O–H groups in total. The van der Waals surface area contributed by atoms with Crippen LogP contribution in [0.2, 0.25) is 0 Å². The zero-order valence-electron chi connectivity index (χ0n) is 10.6. The Labute approximate surface area is 109 Å². The lowest BCUT2D eigenvalue weighted by molar-refractivity contribution is 0.490. The highest BCUT2D eigenvalue weighted by Crippen LogP contribution is 2.31. The standard InChI is InChI=1S/C13H19ClO2S/c1-9(2)13(10(3)14)11-5-7-12(8-6-11)17(4,15)16/h5-10,13H,1-4H3. The van der Waals surface area contributed by atoms with Gasteiger partial charge in [0, 0.05) is 17.6 Å². The number of rotatable bonds is 4. The average Bonchev–Trinajstić information content (AvgIpc) is 2.15. The largest absolute Gasteiger partial charge is 0.224 e. The minimum Gasteiger partial charge on any atom is -0.224 e. The van der Waals surface area contributed by atoms with E-state index in [0.29, 0.717) is 10.8 Å². The number of benzene rings is 1. The van der Waals surface area contributed by atoms with Gasteiger partial charge in [0.1, 0.15) is 0 Å². The molecule has 0 saturated heterocycles. The molecule has 0 fully saturated rings. The van der Waals surface area contributed by atoms with E-state index in [1.165, 1.54) is 6.26 Å². The van der Waals surface area contributed by atoms with E-state index in [0.717, 1.165) is 5.56 Å². The first-order chi connectivity index (χ1) is 7.73. The summed E-state index contributed by atoms with van der Waals surface area (Å²) < 4.78 is 22.7.